The third kappa shape index (κ3) is 3.67. The third-order valence-electron chi connectivity index (χ3n) is 4.60. The number of rotatable bonds is 5. The number of ketones is 1. The average molecular weight is 351 g/mol. The van der Waals surface area contributed by atoms with Crippen LogP contribution in [0.1, 0.15) is 36.2 Å². The van der Waals surface area contributed by atoms with Gasteiger partial charge in [0.1, 0.15) is 5.75 Å². The van der Waals surface area contributed by atoms with Gasteiger partial charge in [-0.05, 0) is 49.2 Å². The first-order chi connectivity index (χ1) is 12.5. The molecular formula is C21H21NO4. The number of nitrogens with zero attached hydrogens (tertiary/aromatic N) is 1. The Balaban J connectivity index is 1.70. The van der Waals surface area contributed by atoms with Crippen LogP contribution in [0.15, 0.2) is 48.5 Å². The largest absolute Gasteiger partial charge is 0.426 e. The summed E-state index contributed by atoms with van der Waals surface area (Å²) in [6.45, 7) is 3.84. The Morgan fingerprint density at radius 2 is 1.81 bits per heavy atom. The summed E-state index contributed by atoms with van der Waals surface area (Å²) >= 11 is 0. The van der Waals surface area contributed by atoms with Crippen molar-refractivity contribution in [3.05, 3.63) is 59.7 Å². The van der Waals surface area contributed by atoms with Gasteiger partial charge in [0.05, 0.1) is 5.92 Å². The molecule has 1 aliphatic rings. The van der Waals surface area contributed by atoms with Crippen molar-refractivity contribution in [3.63, 3.8) is 0 Å². The molecule has 0 spiro atoms. The minimum Gasteiger partial charge on any atom is -0.426 e. The molecule has 1 fully saturated rings. The Morgan fingerprint density at radius 1 is 1.12 bits per heavy atom. The van der Waals surface area contributed by atoms with Crippen LogP contribution in [0.3, 0.4) is 0 Å². The normalized spacial score (nSPS) is 16.6. The highest BCUT2D eigenvalue weighted by molar-refractivity contribution is 6.00. The summed E-state index contributed by atoms with van der Waals surface area (Å²) < 4.78 is 5.39. The van der Waals surface area contributed by atoms with Crippen LogP contribution < -0.4 is 9.64 Å². The number of carbonyl (C=O) groups excluding carboxylic acids is 3. The highest BCUT2D eigenvalue weighted by Gasteiger charge is 2.37. The first-order valence-corrected chi connectivity index (χ1v) is 8.70. The van der Waals surface area contributed by atoms with Crippen molar-refractivity contribution >= 4 is 23.3 Å². The fourth-order valence-electron chi connectivity index (χ4n) is 3.13. The van der Waals surface area contributed by atoms with Crippen molar-refractivity contribution in [1.29, 1.82) is 0 Å². The number of para-hydroxylation sites is 1. The molecule has 1 atom stereocenters. The zero-order valence-electron chi connectivity index (χ0n) is 14.9. The second-order valence-electron chi connectivity index (χ2n) is 6.39. The molecule has 0 N–H and O–H groups in total. The lowest BCUT2D eigenvalue weighted by molar-refractivity contribution is -0.139. The number of amides is 1. The average Bonchev–Trinajstić information content (AvgIpc) is 3.04. The van der Waals surface area contributed by atoms with Gasteiger partial charge in [0.15, 0.2) is 5.78 Å². The van der Waals surface area contributed by atoms with Crippen molar-refractivity contribution in [2.75, 3.05) is 11.4 Å². The van der Waals surface area contributed by atoms with E-state index in [0.29, 0.717) is 17.9 Å². The second-order valence-corrected chi connectivity index (χ2v) is 6.39. The van der Waals surface area contributed by atoms with Crippen molar-refractivity contribution < 1.29 is 19.1 Å². The molecule has 0 radical (unpaired) electrons. The maximum atomic E-state index is 12.4. The van der Waals surface area contributed by atoms with Crippen molar-refractivity contribution in [3.8, 4) is 5.75 Å². The van der Waals surface area contributed by atoms with Crippen molar-refractivity contribution in [1.82, 2.24) is 0 Å². The van der Waals surface area contributed by atoms with E-state index in [4.69, 9.17) is 4.74 Å². The molecule has 0 aromatic heterocycles. The zero-order chi connectivity index (χ0) is 18.7. The predicted octanol–water partition coefficient (Wildman–Crippen LogP) is 3.41. The maximum absolute atomic E-state index is 12.4. The van der Waals surface area contributed by atoms with Gasteiger partial charge in [0.2, 0.25) is 5.91 Å². The van der Waals surface area contributed by atoms with Crippen molar-refractivity contribution in [2.45, 2.75) is 26.7 Å². The monoisotopic (exact) mass is 351 g/mol. The Morgan fingerprint density at radius 3 is 2.46 bits per heavy atom. The Bertz CT molecular complexity index is 841. The van der Waals surface area contributed by atoms with Crippen LogP contribution in [-0.4, -0.2) is 24.2 Å². The van der Waals surface area contributed by atoms with Gasteiger partial charge >= 0.3 is 5.97 Å². The number of aryl methyl sites for hydroxylation is 1. The van der Waals surface area contributed by atoms with Crippen molar-refractivity contribution in [2.24, 2.45) is 5.92 Å². The number of benzene rings is 2. The molecule has 0 saturated carbocycles. The van der Waals surface area contributed by atoms with Gasteiger partial charge in [-0.15, -0.1) is 0 Å². The number of ether oxygens (including phenoxy) is 1. The van der Waals surface area contributed by atoms with Gasteiger partial charge in [0, 0.05) is 24.2 Å². The molecule has 0 unspecified atom stereocenters. The van der Waals surface area contributed by atoms with E-state index in [-0.39, 0.29) is 18.1 Å². The SMILES string of the molecule is CCc1ccccc1N1C[C@H](C(=O)Oc2ccc(C(C)=O)cc2)CC1=O. The van der Waals surface area contributed by atoms with Gasteiger partial charge in [-0.1, -0.05) is 25.1 Å². The van der Waals surface area contributed by atoms with Gasteiger partial charge in [-0.2, -0.15) is 0 Å². The van der Waals surface area contributed by atoms with E-state index >= 15 is 0 Å². The molecule has 0 bridgehead atoms. The Labute approximate surface area is 152 Å². The number of carbonyl (C=O) groups is 3. The smallest absolute Gasteiger partial charge is 0.316 e. The quantitative estimate of drug-likeness (QED) is 0.470. The lowest BCUT2D eigenvalue weighted by Gasteiger charge is -2.19. The Kier molecular flexibility index (Phi) is 5.16. The molecule has 1 aliphatic heterocycles. The standard InChI is InChI=1S/C21H21NO4/c1-3-15-6-4-5-7-19(15)22-13-17(12-20(22)24)21(25)26-18-10-8-16(9-11-18)14(2)23/h4-11,17H,3,12-13H2,1-2H3/t17-/m1/s1. The topological polar surface area (TPSA) is 63.7 Å². The molecule has 2 aromatic rings. The van der Waals surface area contributed by atoms with Crippen LogP contribution >= 0.6 is 0 Å². The number of hydrogen-bond acceptors (Lipinski definition) is 4. The summed E-state index contributed by atoms with van der Waals surface area (Å²) in [5.74, 6) is -0.667. The number of Topliss-reactive ketones (excluding diaryl/α,β-unsaturated/α-hetero) is 1. The number of anilines is 1. The minimum absolute atomic E-state index is 0.0468. The minimum atomic E-state index is -0.500. The summed E-state index contributed by atoms with van der Waals surface area (Å²) in [5, 5.41) is 0. The molecule has 5 heteroatoms. The van der Waals surface area contributed by atoms with Crippen LogP contribution in [0.5, 0.6) is 5.75 Å². The van der Waals surface area contributed by atoms with Crippen LogP contribution in [-0.2, 0) is 16.0 Å². The summed E-state index contributed by atoms with van der Waals surface area (Å²) in [5.41, 5.74) is 2.50. The first-order valence-electron chi connectivity index (χ1n) is 8.70. The van der Waals surface area contributed by atoms with E-state index in [2.05, 4.69) is 0 Å². The summed E-state index contributed by atoms with van der Waals surface area (Å²) in [6, 6.07) is 14.2. The van der Waals surface area contributed by atoms with E-state index in [1.54, 1.807) is 29.2 Å². The Hall–Kier alpha value is -2.95. The van der Waals surface area contributed by atoms with Gasteiger partial charge in [-0.3, -0.25) is 14.4 Å². The molecule has 1 amide bonds. The maximum Gasteiger partial charge on any atom is 0.316 e. The number of esters is 1. The molecule has 0 aliphatic carbocycles. The van der Waals surface area contributed by atoms with E-state index < -0.39 is 11.9 Å². The van der Waals surface area contributed by atoms with E-state index in [1.165, 1.54) is 6.92 Å². The second kappa shape index (κ2) is 7.52. The molecule has 26 heavy (non-hydrogen) atoms. The molecule has 2 aromatic carbocycles. The lowest BCUT2D eigenvalue weighted by Crippen LogP contribution is -2.28. The first kappa shape index (κ1) is 17.9. The predicted molar refractivity (Wildman–Crippen MR) is 98.4 cm³/mol. The van der Waals surface area contributed by atoms with E-state index in [0.717, 1.165) is 17.7 Å². The fraction of sp³-hybridized carbons (Fsp3) is 0.286. The highest BCUT2D eigenvalue weighted by Crippen LogP contribution is 2.29. The molecular weight excluding hydrogens is 330 g/mol. The molecule has 3 rings (SSSR count). The fourth-order valence-corrected chi connectivity index (χ4v) is 3.13. The molecule has 5 nitrogen and oxygen atoms in total. The van der Waals surface area contributed by atoms with Gasteiger partial charge in [0.25, 0.3) is 0 Å². The highest BCUT2D eigenvalue weighted by atomic mass is 16.5. The summed E-state index contributed by atoms with van der Waals surface area (Å²) in [6.07, 6.45) is 0.958. The number of hydrogen-bond donors (Lipinski definition) is 0. The lowest BCUT2D eigenvalue weighted by atomic mass is 10.1. The van der Waals surface area contributed by atoms with Gasteiger partial charge < -0.3 is 9.64 Å². The molecule has 1 heterocycles. The van der Waals surface area contributed by atoms with Crippen LogP contribution in [0.4, 0.5) is 5.69 Å². The van der Waals surface area contributed by atoms with Gasteiger partial charge in [-0.25, -0.2) is 0 Å². The van der Waals surface area contributed by atoms with E-state index in [1.807, 2.05) is 31.2 Å². The summed E-state index contributed by atoms with van der Waals surface area (Å²) in [4.78, 5) is 37.8. The third-order valence-corrected chi connectivity index (χ3v) is 4.60. The zero-order valence-corrected chi connectivity index (χ0v) is 14.9. The van der Waals surface area contributed by atoms with Crippen LogP contribution in [0.2, 0.25) is 0 Å². The molecule has 134 valence electrons. The molecule has 1 saturated heterocycles. The van der Waals surface area contributed by atoms with Crippen LogP contribution in [0, 0.1) is 5.92 Å². The van der Waals surface area contributed by atoms with Crippen LogP contribution in [0.25, 0.3) is 0 Å². The van der Waals surface area contributed by atoms with E-state index in [9.17, 15) is 14.4 Å². The summed E-state index contributed by atoms with van der Waals surface area (Å²) in [7, 11) is 0.